The van der Waals surface area contributed by atoms with Gasteiger partial charge in [0.1, 0.15) is 6.10 Å². The van der Waals surface area contributed by atoms with E-state index in [-0.39, 0.29) is 23.7 Å². The molecule has 0 radical (unpaired) electrons. The van der Waals surface area contributed by atoms with E-state index >= 15 is 0 Å². The first-order chi connectivity index (χ1) is 9.69. The van der Waals surface area contributed by atoms with Gasteiger partial charge in [0.05, 0.1) is 11.6 Å². The van der Waals surface area contributed by atoms with E-state index in [1.807, 2.05) is 12.1 Å². The summed E-state index contributed by atoms with van der Waals surface area (Å²) in [6.07, 6.45) is 4.41. The first-order valence-electron chi connectivity index (χ1n) is 6.70. The Labute approximate surface area is 128 Å². The molecule has 0 amide bonds. The summed E-state index contributed by atoms with van der Waals surface area (Å²) in [6, 6.07) is 7.12. The molecule has 1 aromatic carbocycles. The molecule has 1 fully saturated rings. The summed E-state index contributed by atoms with van der Waals surface area (Å²) in [7, 11) is 0. The molecule has 1 aliphatic carbocycles. The lowest BCUT2D eigenvalue weighted by Gasteiger charge is -2.10. The van der Waals surface area contributed by atoms with Gasteiger partial charge in [-0.2, -0.15) is 0 Å². The summed E-state index contributed by atoms with van der Waals surface area (Å²) in [5, 5.41) is 0. The van der Waals surface area contributed by atoms with Crippen LogP contribution in [0, 0.1) is 0 Å². The van der Waals surface area contributed by atoms with Crippen molar-refractivity contribution in [3.63, 3.8) is 0 Å². The number of carbonyl (C=O) groups is 2. The van der Waals surface area contributed by atoms with Crippen LogP contribution in [0.5, 0.6) is 0 Å². The predicted molar refractivity (Wildman–Crippen MR) is 80.6 cm³/mol. The third-order valence-corrected chi connectivity index (χ3v) is 4.48. The number of halogens is 1. The zero-order chi connectivity index (χ0) is 14.4. The number of thioether (sulfide) groups is 1. The Hall–Kier alpha value is -1.00. The molecule has 0 aromatic heterocycles. The van der Waals surface area contributed by atoms with Gasteiger partial charge < -0.3 is 4.74 Å². The van der Waals surface area contributed by atoms with Crippen molar-refractivity contribution in [2.24, 2.45) is 0 Å². The van der Waals surface area contributed by atoms with Crippen LogP contribution in [0.25, 0.3) is 0 Å². The van der Waals surface area contributed by atoms with E-state index in [0.717, 1.165) is 30.6 Å². The van der Waals surface area contributed by atoms with Crippen LogP contribution in [0.1, 0.15) is 36.0 Å². The third kappa shape index (κ3) is 4.53. The highest BCUT2D eigenvalue weighted by Gasteiger charge is 2.19. The number of ether oxygens (including phenoxy) is 1. The van der Waals surface area contributed by atoms with Crippen LogP contribution in [0.4, 0.5) is 0 Å². The number of hydrogen-bond acceptors (Lipinski definition) is 4. The summed E-state index contributed by atoms with van der Waals surface area (Å²) >= 11 is 6.92. The van der Waals surface area contributed by atoms with E-state index in [4.69, 9.17) is 16.3 Å². The molecular formula is C15H17ClO3S. The number of rotatable bonds is 6. The first-order valence-corrected chi connectivity index (χ1v) is 8.22. The fourth-order valence-corrected chi connectivity index (χ4v) is 3.02. The summed E-state index contributed by atoms with van der Waals surface area (Å²) in [6.45, 7) is 0. The maximum atomic E-state index is 11.7. The molecule has 0 aliphatic heterocycles. The highest BCUT2D eigenvalue weighted by atomic mass is 35.5. The van der Waals surface area contributed by atoms with Gasteiger partial charge in [-0.15, -0.1) is 23.4 Å². The second kappa shape index (κ2) is 7.70. The number of ketones is 1. The Morgan fingerprint density at radius 3 is 2.45 bits per heavy atom. The van der Waals surface area contributed by atoms with Gasteiger partial charge in [-0.25, -0.2) is 0 Å². The molecule has 0 atom stereocenters. The fourth-order valence-electron chi connectivity index (χ4n) is 2.18. The molecule has 1 aliphatic rings. The van der Waals surface area contributed by atoms with E-state index in [2.05, 4.69) is 0 Å². The van der Waals surface area contributed by atoms with E-state index in [9.17, 15) is 9.59 Å². The smallest absolute Gasteiger partial charge is 0.316 e. The molecule has 1 aromatic rings. The third-order valence-electron chi connectivity index (χ3n) is 3.25. The Bertz CT molecular complexity index is 467. The molecule has 0 unspecified atom stereocenters. The van der Waals surface area contributed by atoms with Gasteiger partial charge in [-0.1, -0.05) is 12.1 Å². The quantitative estimate of drug-likeness (QED) is 0.348. The van der Waals surface area contributed by atoms with Crippen molar-refractivity contribution in [2.45, 2.75) is 36.7 Å². The van der Waals surface area contributed by atoms with Crippen molar-refractivity contribution in [1.82, 2.24) is 0 Å². The van der Waals surface area contributed by atoms with E-state index in [0.29, 0.717) is 11.3 Å². The number of alkyl halides is 1. The maximum absolute atomic E-state index is 11.7. The molecule has 0 N–H and O–H groups in total. The van der Waals surface area contributed by atoms with Gasteiger partial charge in [-0.05, 0) is 37.8 Å². The predicted octanol–water partition coefficient (Wildman–Crippen LogP) is 3.69. The zero-order valence-electron chi connectivity index (χ0n) is 11.1. The van der Waals surface area contributed by atoms with E-state index in [1.54, 1.807) is 12.1 Å². The molecule has 0 bridgehead atoms. The Morgan fingerprint density at radius 1 is 1.20 bits per heavy atom. The number of hydrogen-bond donors (Lipinski definition) is 0. The maximum Gasteiger partial charge on any atom is 0.316 e. The largest absolute Gasteiger partial charge is 0.462 e. The number of carbonyl (C=O) groups excluding carboxylic acids is 2. The number of benzene rings is 1. The zero-order valence-corrected chi connectivity index (χ0v) is 12.7. The van der Waals surface area contributed by atoms with Crippen LogP contribution in [0.2, 0.25) is 0 Å². The second-order valence-corrected chi connectivity index (χ2v) is 6.08. The normalized spacial score (nSPS) is 15.2. The lowest BCUT2D eigenvalue weighted by Crippen LogP contribution is -2.16. The molecule has 3 nitrogen and oxygen atoms in total. The van der Waals surface area contributed by atoms with E-state index in [1.165, 1.54) is 11.8 Å². The Balaban J connectivity index is 1.78. The molecule has 2 rings (SSSR count). The van der Waals surface area contributed by atoms with Crippen molar-refractivity contribution in [1.29, 1.82) is 0 Å². The second-order valence-electron chi connectivity index (χ2n) is 4.77. The lowest BCUT2D eigenvalue weighted by molar-refractivity contribution is -0.145. The van der Waals surface area contributed by atoms with Crippen LogP contribution in [0.15, 0.2) is 29.2 Å². The topological polar surface area (TPSA) is 43.4 Å². The van der Waals surface area contributed by atoms with Gasteiger partial charge in [0.25, 0.3) is 0 Å². The SMILES string of the molecule is O=C(CSc1ccc(C(=O)CCl)cc1)OC1CCCC1. The molecule has 20 heavy (non-hydrogen) atoms. The average molecular weight is 313 g/mol. The van der Waals surface area contributed by atoms with Crippen LogP contribution >= 0.6 is 23.4 Å². The minimum absolute atomic E-state index is 0.0137. The standard InChI is InChI=1S/C15H17ClO3S/c16-9-14(17)11-5-7-13(8-6-11)20-10-15(18)19-12-3-1-2-4-12/h5-8,12H,1-4,9-10H2. The summed E-state index contributed by atoms with van der Waals surface area (Å²) in [4.78, 5) is 24.0. The van der Waals surface area contributed by atoms with Crippen molar-refractivity contribution in [3.05, 3.63) is 29.8 Å². The summed E-state index contributed by atoms with van der Waals surface area (Å²) in [5.74, 6) is 0.0335. The van der Waals surface area contributed by atoms with Gasteiger partial charge in [0.15, 0.2) is 5.78 Å². The van der Waals surface area contributed by atoms with Gasteiger partial charge >= 0.3 is 5.97 Å². The molecule has 5 heteroatoms. The van der Waals surface area contributed by atoms with Crippen molar-refractivity contribution < 1.29 is 14.3 Å². The van der Waals surface area contributed by atoms with Gasteiger partial charge in [0, 0.05) is 10.5 Å². The highest BCUT2D eigenvalue weighted by molar-refractivity contribution is 8.00. The number of esters is 1. The average Bonchev–Trinajstić information content (AvgIpc) is 2.97. The minimum Gasteiger partial charge on any atom is -0.462 e. The highest BCUT2D eigenvalue weighted by Crippen LogP contribution is 2.23. The monoisotopic (exact) mass is 312 g/mol. The van der Waals surface area contributed by atoms with Crippen LogP contribution < -0.4 is 0 Å². The van der Waals surface area contributed by atoms with Gasteiger partial charge in [0.2, 0.25) is 0 Å². The summed E-state index contributed by atoms with van der Waals surface area (Å²) < 4.78 is 5.38. The molecule has 0 saturated heterocycles. The fraction of sp³-hybridized carbons (Fsp3) is 0.467. The Morgan fingerprint density at radius 2 is 1.85 bits per heavy atom. The van der Waals surface area contributed by atoms with Crippen LogP contribution in [-0.2, 0) is 9.53 Å². The molecular weight excluding hydrogens is 296 g/mol. The van der Waals surface area contributed by atoms with Crippen molar-refractivity contribution >= 4 is 35.1 Å². The van der Waals surface area contributed by atoms with Crippen molar-refractivity contribution in [3.8, 4) is 0 Å². The first kappa shape index (κ1) is 15.4. The molecule has 0 heterocycles. The van der Waals surface area contributed by atoms with Crippen LogP contribution in [-0.4, -0.2) is 29.5 Å². The molecule has 0 spiro atoms. The van der Waals surface area contributed by atoms with Gasteiger partial charge in [-0.3, -0.25) is 9.59 Å². The Kier molecular flexibility index (Phi) is 5.92. The van der Waals surface area contributed by atoms with Crippen molar-refractivity contribution in [2.75, 3.05) is 11.6 Å². The molecule has 108 valence electrons. The summed E-state index contributed by atoms with van der Waals surface area (Å²) in [5.41, 5.74) is 0.595. The number of Topliss-reactive ketones (excluding diaryl/α,β-unsaturated/α-hetero) is 1. The van der Waals surface area contributed by atoms with E-state index < -0.39 is 0 Å². The lowest BCUT2D eigenvalue weighted by atomic mass is 10.1. The van der Waals surface area contributed by atoms with Crippen LogP contribution in [0.3, 0.4) is 0 Å². The molecule has 1 saturated carbocycles. The minimum atomic E-state index is -0.164.